The lowest BCUT2D eigenvalue weighted by Gasteiger charge is -2.35. The van der Waals surface area contributed by atoms with E-state index in [1.165, 1.54) is 28.4 Å². The van der Waals surface area contributed by atoms with Crippen molar-refractivity contribution >= 4 is 23.9 Å². The largest absolute Gasteiger partial charge is 0.469 e. The fraction of sp³-hybridized carbons (Fsp3) is 0.619. The van der Waals surface area contributed by atoms with Crippen LogP contribution in [0.3, 0.4) is 0 Å². The minimum atomic E-state index is -1.16. The SMILES string of the molecule is COC(=O)C/C(C(=O)OC)=C1\CCC2=C1N1CCC[C@@H]1[C@@]2(CC(=O)OC)C(=O)OC. The Balaban J connectivity index is 2.20. The molecule has 3 aliphatic rings. The van der Waals surface area contributed by atoms with Crippen LogP contribution in [0.1, 0.15) is 38.5 Å². The van der Waals surface area contributed by atoms with Gasteiger partial charge in [-0.25, -0.2) is 4.79 Å². The normalized spacial score (nSPS) is 26.1. The van der Waals surface area contributed by atoms with Gasteiger partial charge in [0.25, 0.3) is 0 Å². The Hall–Kier alpha value is -2.84. The molecule has 0 spiro atoms. The lowest BCUT2D eigenvalue weighted by atomic mass is 9.71. The summed E-state index contributed by atoms with van der Waals surface area (Å²) < 4.78 is 19.7. The number of hydrogen-bond acceptors (Lipinski definition) is 9. The summed E-state index contributed by atoms with van der Waals surface area (Å²) in [6, 6.07) is -0.263. The molecule has 2 heterocycles. The van der Waals surface area contributed by atoms with Gasteiger partial charge in [-0.1, -0.05) is 0 Å². The lowest BCUT2D eigenvalue weighted by Crippen LogP contribution is -2.47. The average Bonchev–Trinajstić information content (AvgIpc) is 3.45. The van der Waals surface area contributed by atoms with Gasteiger partial charge < -0.3 is 23.8 Å². The van der Waals surface area contributed by atoms with Gasteiger partial charge in [-0.05, 0) is 36.8 Å². The number of hydrogen-bond donors (Lipinski definition) is 0. The number of carbonyl (C=O) groups excluding carboxylic acids is 4. The molecule has 164 valence electrons. The molecule has 1 saturated heterocycles. The highest BCUT2D eigenvalue weighted by Crippen LogP contribution is 2.59. The van der Waals surface area contributed by atoms with Crippen LogP contribution in [0.25, 0.3) is 0 Å². The minimum absolute atomic E-state index is 0.131. The van der Waals surface area contributed by atoms with Gasteiger partial charge in [-0.15, -0.1) is 0 Å². The second kappa shape index (κ2) is 8.49. The molecule has 2 aliphatic heterocycles. The van der Waals surface area contributed by atoms with Crippen molar-refractivity contribution in [2.45, 2.75) is 44.6 Å². The highest BCUT2D eigenvalue weighted by molar-refractivity contribution is 5.96. The molecule has 0 unspecified atom stereocenters. The van der Waals surface area contributed by atoms with Crippen LogP contribution in [-0.2, 0) is 38.1 Å². The zero-order chi connectivity index (χ0) is 22.1. The zero-order valence-electron chi connectivity index (χ0n) is 17.7. The molecule has 3 rings (SSSR count). The monoisotopic (exact) mass is 421 g/mol. The summed E-state index contributed by atoms with van der Waals surface area (Å²) in [6.07, 6.45) is 2.11. The van der Waals surface area contributed by atoms with Crippen molar-refractivity contribution in [1.29, 1.82) is 0 Å². The van der Waals surface area contributed by atoms with Crippen molar-refractivity contribution in [3.05, 3.63) is 22.4 Å². The summed E-state index contributed by atoms with van der Waals surface area (Å²) >= 11 is 0. The summed E-state index contributed by atoms with van der Waals surface area (Å²) in [5, 5.41) is 0. The fourth-order valence-corrected chi connectivity index (χ4v) is 5.17. The predicted octanol–water partition coefficient (Wildman–Crippen LogP) is 1.27. The summed E-state index contributed by atoms with van der Waals surface area (Å²) in [7, 11) is 5.11. The molecule has 1 fully saturated rings. The molecule has 30 heavy (non-hydrogen) atoms. The van der Waals surface area contributed by atoms with Gasteiger partial charge in [-0.2, -0.15) is 0 Å². The maximum absolute atomic E-state index is 13.1. The number of rotatable bonds is 6. The molecule has 0 aromatic rings. The van der Waals surface area contributed by atoms with Gasteiger partial charge in [0.2, 0.25) is 0 Å². The highest BCUT2D eigenvalue weighted by atomic mass is 16.5. The highest BCUT2D eigenvalue weighted by Gasteiger charge is 2.62. The molecule has 0 aromatic carbocycles. The average molecular weight is 421 g/mol. The smallest absolute Gasteiger partial charge is 0.334 e. The quantitative estimate of drug-likeness (QED) is 0.356. The minimum Gasteiger partial charge on any atom is -0.469 e. The summed E-state index contributed by atoms with van der Waals surface area (Å²) in [5.74, 6) is -2.14. The van der Waals surface area contributed by atoms with Crippen LogP contribution in [0, 0.1) is 5.41 Å². The summed E-state index contributed by atoms with van der Waals surface area (Å²) in [5.41, 5.74) is 1.26. The molecular weight excluding hydrogens is 394 g/mol. The lowest BCUT2D eigenvalue weighted by molar-refractivity contribution is -0.159. The standard InChI is InChI=1S/C21H27NO8/c1-27-16(23)10-13(19(25)29-3)12-7-8-14-18(12)22-9-5-6-15(22)21(14,20(26)30-4)11-17(24)28-2/h15H,5-11H2,1-4H3/b13-12-/t15-,21+/m1/s1. The van der Waals surface area contributed by atoms with E-state index in [9.17, 15) is 19.2 Å². The van der Waals surface area contributed by atoms with E-state index in [-0.39, 0.29) is 24.5 Å². The molecular formula is C21H27NO8. The predicted molar refractivity (Wildman–Crippen MR) is 103 cm³/mol. The first-order chi connectivity index (χ1) is 14.3. The molecule has 0 amide bonds. The van der Waals surface area contributed by atoms with Gasteiger partial charge in [0.1, 0.15) is 5.41 Å². The second-order valence-corrected chi connectivity index (χ2v) is 7.60. The fourth-order valence-electron chi connectivity index (χ4n) is 5.17. The van der Waals surface area contributed by atoms with Gasteiger partial charge >= 0.3 is 23.9 Å². The van der Waals surface area contributed by atoms with Crippen LogP contribution in [0.4, 0.5) is 0 Å². The van der Waals surface area contributed by atoms with E-state index in [1.807, 2.05) is 0 Å². The van der Waals surface area contributed by atoms with E-state index in [1.54, 1.807) is 0 Å². The van der Waals surface area contributed by atoms with Crippen molar-refractivity contribution < 1.29 is 38.1 Å². The van der Waals surface area contributed by atoms with Gasteiger partial charge in [0.15, 0.2) is 0 Å². The van der Waals surface area contributed by atoms with Crippen molar-refractivity contribution in [3.8, 4) is 0 Å². The number of allylic oxidation sites excluding steroid dienone is 1. The first kappa shape index (κ1) is 21.9. The van der Waals surface area contributed by atoms with Crippen molar-refractivity contribution in [2.75, 3.05) is 35.0 Å². The topological polar surface area (TPSA) is 108 Å². The third-order valence-electron chi connectivity index (χ3n) is 6.39. The van der Waals surface area contributed by atoms with Crippen LogP contribution in [0.2, 0.25) is 0 Å². The first-order valence-corrected chi connectivity index (χ1v) is 9.88. The Labute approximate surface area is 175 Å². The van der Waals surface area contributed by atoms with Crippen LogP contribution in [0.5, 0.6) is 0 Å². The number of carbonyl (C=O) groups is 4. The summed E-state index contributed by atoms with van der Waals surface area (Å²) in [6.45, 7) is 0.680. The maximum atomic E-state index is 13.1. The molecule has 0 bridgehead atoms. The number of ether oxygens (including phenoxy) is 4. The third-order valence-corrected chi connectivity index (χ3v) is 6.39. The second-order valence-electron chi connectivity index (χ2n) is 7.60. The molecule has 0 saturated carbocycles. The van der Waals surface area contributed by atoms with Crippen molar-refractivity contribution in [1.82, 2.24) is 4.90 Å². The van der Waals surface area contributed by atoms with Crippen LogP contribution in [-0.4, -0.2) is 69.8 Å². The number of esters is 4. The molecule has 9 nitrogen and oxygen atoms in total. The Morgan fingerprint density at radius 3 is 2.27 bits per heavy atom. The van der Waals surface area contributed by atoms with Crippen LogP contribution < -0.4 is 0 Å². The number of fused-ring (bicyclic) bond motifs is 2. The maximum Gasteiger partial charge on any atom is 0.334 e. The molecule has 0 radical (unpaired) electrons. The van der Waals surface area contributed by atoms with Crippen LogP contribution >= 0.6 is 0 Å². The van der Waals surface area contributed by atoms with E-state index in [4.69, 9.17) is 18.9 Å². The van der Waals surface area contributed by atoms with E-state index in [0.29, 0.717) is 31.4 Å². The van der Waals surface area contributed by atoms with Gasteiger partial charge in [0, 0.05) is 18.3 Å². The Bertz CT molecular complexity index is 842. The van der Waals surface area contributed by atoms with Gasteiger partial charge in [-0.3, -0.25) is 14.4 Å². The Morgan fingerprint density at radius 2 is 1.67 bits per heavy atom. The Morgan fingerprint density at radius 1 is 0.967 bits per heavy atom. The summed E-state index contributed by atoms with van der Waals surface area (Å²) in [4.78, 5) is 51.9. The van der Waals surface area contributed by atoms with Gasteiger partial charge in [0.05, 0.1) is 46.9 Å². The number of methoxy groups -OCH3 is 4. The molecule has 1 aliphatic carbocycles. The van der Waals surface area contributed by atoms with E-state index >= 15 is 0 Å². The molecule has 2 atom stereocenters. The molecule has 9 heteroatoms. The Kier molecular flexibility index (Phi) is 6.19. The van der Waals surface area contributed by atoms with Crippen molar-refractivity contribution in [3.63, 3.8) is 0 Å². The van der Waals surface area contributed by atoms with E-state index in [0.717, 1.165) is 17.7 Å². The molecule has 0 N–H and O–H groups in total. The third kappa shape index (κ3) is 3.26. The van der Waals surface area contributed by atoms with E-state index < -0.39 is 29.3 Å². The zero-order valence-corrected chi connectivity index (χ0v) is 17.7. The first-order valence-electron chi connectivity index (χ1n) is 9.88. The van der Waals surface area contributed by atoms with Crippen LogP contribution in [0.15, 0.2) is 22.4 Å². The van der Waals surface area contributed by atoms with Crippen molar-refractivity contribution in [2.24, 2.45) is 5.41 Å². The number of nitrogens with zero attached hydrogens (tertiary/aromatic N) is 1. The van der Waals surface area contributed by atoms with E-state index in [2.05, 4.69) is 4.90 Å². The molecule has 0 aromatic heterocycles.